The summed E-state index contributed by atoms with van der Waals surface area (Å²) in [6.07, 6.45) is 0. The number of carbonyl (C=O) groups is 1. The topological polar surface area (TPSA) is 56.1 Å². The molecule has 1 aliphatic rings. The molecule has 7 heteroatoms. The summed E-state index contributed by atoms with van der Waals surface area (Å²) in [4.78, 5) is 21.6. The molecule has 0 saturated carbocycles. The van der Waals surface area contributed by atoms with E-state index in [1.807, 2.05) is 48.2 Å². The van der Waals surface area contributed by atoms with Gasteiger partial charge in [-0.15, -0.1) is 0 Å². The summed E-state index contributed by atoms with van der Waals surface area (Å²) < 4.78 is 12.0. The quantitative estimate of drug-likeness (QED) is 0.658. The molecule has 0 aliphatic carbocycles. The van der Waals surface area contributed by atoms with Gasteiger partial charge in [0.15, 0.2) is 5.13 Å². The number of morpholine rings is 1. The first-order valence-electron chi connectivity index (χ1n) is 10.3. The molecule has 158 valence electrons. The molecule has 1 aromatic heterocycles. The molecule has 6 nitrogen and oxygen atoms in total. The van der Waals surface area contributed by atoms with E-state index >= 15 is 0 Å². The van der Waals surface area contributed by atoms with Gasteiger partial charge >= 0.3 is 0 Å². The van der Waals surface area contributed by atoms with Crippen LogP contribution in [0.4, 0.5) is 5.13 Å². The molecular weight excluding hydrogens is 398 g/mol. The number of quaternary nitrogens is 1. The third-order valence-electron chi connectivity index (χ3n) is 5.58. The number of hydrogen-bond donors (Lipinski definition) is 1. The SMILES string of the molecule is COc1ccc(C)c2sc(N(CC[NH+]3CCOCC3)C(=O)c3ccc(C)cc3)nc12. The van der Waals surface area contributed by atoms with Gasteiger partial charge in [-0.05, 0) is 37.6 Å². The lowest BCUT2D eigenvalue weighted by Crippen LogP contribution is -3.14. The molecule has 1 saturated heterocycles. The molecule has 2 heterocycles. The molecule has 0 unspecified atom stereocenters. The van der Waals surface area contributed by atoms with Crippen molar-refractivity contribution in [3.05, 3.63) is 53.1 Å². The molecule has 3 aromatic rings. The minimum atomic E-state index is -0.0154. The average molecular weight is 427 g/mol. The Bertz CT molecular complexity index is 1030. The van der Waals surface area contributed by atoms with Crippen LogP contribution in [0.1, 0.15) is 21.5 Å². The Kier molecular flexibility index (Phi) is 6.32. The van der Waals surface area contributed by atoms with Gasteiger partial charge in [-0.1, -0.05) is 35.1 Å². The van der Waals surface area contributed by atoms with Crippen LogP contribution in [0.25, 0.3) is 10.2 Å². The van der Waals surface area contributed by atoms with Crippen molar-refractivity contribution in [1.29, 1.82) is 0 Å². The number of nitrogens with one attached hydrogen (secondary N) is 1. The normalized spacial score (nSPS) is 14.8. The number of aromatic nitrogens is 1. The molecule has 1 amide bonds. The number of amides is 1. The molecule has 0 atom stereocenters. The lowest BCUT2D eigenvalue weighted by Gasteiger charge is -2.27. The number of rotatable bonds is 6. The Morgan fingerprint density at radius 1 is 1.17 bits per heavy atom. The van der Waals surface area contributed by atoms with E-state index in [1.54, 1.807) is 18.4 Å². The summed E-state index contributed by atoms with van der Waals surface area (Å²) in [7, 11) is 1.65. The van der Waals surface area contributed by atoms with Crippen LogP contribution in [0.5, 0.6) is 5.75 Å². The summed E-state index contributed by atoms with van der Waals surface area (Å²) in [6, 6.07) is 11.7. The van der Waals surface area contributed by atoms with Gasteiger partial charge in [-0.3, -0.25) is 9.69 Å². The maximum absolute atomic E-state index is 13.5. The second-order valence-electron chi connectivity index (χ2n) is 7.69. The van der Waals surface area contributed by atoms with E-state index in [0.29, 0.717) is 12.1 Å². The zero-order valence-electron chi connectivity index (χ0n) is 17.7. The van der Waals surface area contributed by atoms with Gasteiger partial charge in [-0.2, -0.15) is 0 Å². The molecule has 1 aliphatic heterocycles. The van der Waals surface area contributed by atoms with Crippen LogP contribution in [0.3, 0.4) is 0 Å². The maximum atomic E-state index is 13.5. The van der Waals surface area contributed by atoms with Crippen molar-refractivity contribution in [1.82, 2.24) is 4.98 Å². The number of aryl methyl sites for hydroxylation is 2. The highest BCUT2D eigenvalue weighted by molar-refractivity contribution is 7.22. The van der Waals surface area contributed by atoms with E-state index in [-0.39, 0.29) is 5.91 Å². The molecule has 0 bridgehead atoms. The van der Waals surface area contributed by atoms with Crippen LogP contribution in [0, 0.1) is 13.8 Å². The Morgan fingerprint density at radius 3 is 2.60 bits per heavy atom. The van der Waals surface area contributed by atoms with E-state index in [9.17, 15) is 4.79 Å². The lowest BCUT2D eigenvalue weighted by molar-refractivity contribution is -0.906. The molecule has 0 radical (unpaired) electrons. The van der Waals surface area contributed by atoms with Gasteiger partial charge in [0.1, 0.15) is 24.4 Å². The van der Waals surface area contributed by atoms with Crippen molar-refractivity contribution >= 4 is 32.6 Å². The van der Waals surface area contributed by atoms with E-state index in [2.05, 4.69) is 6.92 Å². The van der Waals surface area contributed by atoms with E-state index in [0.717, 1.165) is 65.1 Å². The van der Waals surface area contributed by atoms with Gasteiger partial charge < -0.3 is 14.4 Å². The first-order valence-corrected chi connectivity index (χ1v) is 11.1. The standard InChI is InChI=1S/C23H27N3O3S/c1-16-4-7-18(8-5-16)22(27)26(11-10-25-12-14-29-15-13-25)23-24-20-19(28-3)9-6-17(2)21(20)30-23/h4-9H,10-15H2,1-3H3/p+1. The summed E-state index contributed by atoms with van der Waals surface area (Å²) >= 11 is 1.55. The molecule has 30 heavy (non-hydrogen) atoms. The largest absolute Gasteiger partial charge is 0.494 e. The highest BCUT2D eigenvalue weighted by Gasteiger charge is 2.25. The number of benzene rings is 2. The Labute approximate surface area is 181 Å². The zero-order valence-corrected chi connectivity index (χ0v) is 18.6. The van der Waals surface area contributed by atoms with Crippen LogP contribution < -0.4 is 14.5 Å². The van der Waals surface area contributed by atoms with E-state index in [1.165, 1.54) is 4.90 Å². The smallest absolute Gasteiger partial charge is 0.260 e. The highest BCUT2D eigenvalue weighted by Crippen LogP contribution is 2.36. The summed E-state index contributed by atoms with van der Waals surface area (Å²) in [6.45, 7) is 9.07. The van der Waals surface area contributed by atoms with Crippen molar-refractivity contribution in [2.75, 3.05) is 51.4 Å². The number of hydrogen-bond acceptors (Lipinski definition) is 5. The van der Waals surface area contributed by atoms with Gasteiger partial charge in [0, 0.05) is 5.56 Å². The zero-order chi connectivity index (χ0) is 21.1. The van der Waals surface area contributed by atoms with Crippen LogP contribution >= 0.6 is 11.3 Å². The number of thiazole rings is 1. The Hall–Kier alpha value is -2.48. The van der Waals surface area contributed by atoms with Gasteiger partial charge in [0.2, 0.25) is 0 Å². The Balaban J connectivity index is 1.68. The second-order valence-corrected chi connectivity index (χ2v) is 8.67. The van der Waals surface area contributed by atoms with Gasteiger partial charge in [0.25, 0.3) is 5.91 Å². The Morgan fingerprint density at radius 2 is 1.90 bits per heavy atom. The molecule has 1 fully saturated rings. The second kappa shape index (κ2) is 9.12. The van der Waals surface area contributed by atoms with Crippen molar-refractivity contribution < 1.29 is 19.2 Å². The first kappa shape index (κ1) is 20.8. The van der Waals surface area contributed by atoms with E-state index < -0.39 is 0 Å². The third-order valence-corrected chi connectivity index (χ3v) is 6.79. The number of methoxy groups -OCH3 is 1. The van der Waals surface area contributed by atoms with Gasteiger partial charge in [0.05, 0.1) is 38.1 Å². The summed E-state index contributed by atoms with van der Waals surface area (Å²) in [5.41, 5.74) is 3.77. The fourth-order valence-electron chi connectivity index (χ4n) is 3.69. The summed E-state index contributed by atoms with van der Waals surface area (Å²) in [5.74, 6) is 0.720. The van der Waals surface area contributed by atoms with Crippen molar-refractivity contribution in [2.45, 2.75) is 13.8 Å². The number of carbonyl (C=O) groups excluding carboxylic acids is 1. The summed E-state index contributed by atoms with van der Waals surface area (Å²) in [5, 5.41) is 0.718. The molecule has 4 rings (SSSR count). The lowest BCUT2D eigenvalue weighted by atomic mass is 10.1. The van der Waals surface area contributed by atoms with Crippen molar-refractivity contribution in [3.8, 4) is 5.75 Å². The fraction of sp³-hybridized carbons (Fsp3) is 0.391. The average Bonchev–Trinajstić information content (AvgIpc) is 3.21. The third kappa shape index (κ3) is 4.33. The minimum absolute atomic E-state index is 0.0154. The minimum Gasteiger partial charge on any atom is -0.494 e. The number of fused-ring (bicyclic) bond motifs is 1. The van der Waals surface area contributed by atoms with Crippen molar-refractivity contribution in [3.63, 3.8) is 0 Å². The monoisotopic (exact) mass is 426 g/mol. The van der Waals surface area contributed by atoms with Gasteiger partial charge in [-0.25, -0.2) is 4.98 Å². The van der Waals surface area contributed by atoms with Crippen LogP contribution in [0.15, 0.2) is 36.4 Å². The van der Waals surface area contributed by atoms with Crippen molar-refractivity contribution in [2.24, 2.45) is 0 Å². The number of nitrogens with zero attached hydrogens (tertiary/aromatic N) is 2. The maximum Gasteiger partial charge on any atom is 0.260 e. The van der Waals surface area contributed by atoms with E-state index in [4.69, 9.17) is 14.5 Å². The fourth-order valence-corrected chi connectivity index (χ4v) is 4.77. The predicted molar refractivity (Wildman–Crippen MR) is 120 cm³/mol. The number of ether oxygens (including phenoxy) is 2. The van der Waals surface area contributed by atoms with Crippen LogP contribution in [0.2, 0.25) is 0 Å². The first-order chi connectivity index (χ1) is 14.6. The van der Waals surface area contributed by atoms with Crippen LogP contribution in [-0.2, 0) is 4.74 Å². The molecule has 1 N–H and O–H groups in total. The predicted octanol–water partition coefficient (Wildman–Crippen LogP) is 2.48. The van der Waals surface area contributed by atoms with Crippen LogP contribution in [-0.4, -0.2) is 57.4 Å². The highest BCUT2D eigenvalue weighted by atomic mass is 32.1. The molecule has 2 aromatic carbocycles. The number of anilines is 1. The molecule has 0 spiro atoms. The molecular formula is C23H28N3O3S+.